The Hall–Kier alpha value is -1.19. The topological polar surface area (TPSA) is 36.9 Å². The van der Waals surface area contributed by atoms with Crippen LogP contribution in [0.2, 0.25) is 36.3 Å². The summed E-state index contributed by atoms with van der Waals surface area (Å²) < 4.78 is 25.5. The second kappa shape index (κ2) is 17.7. The highest BCUT2D eigenvalue weighted by molar-refractivity contribution is 6.74. The van der Waals surface area contributed by atoms with E-state index in [-0.39, 0.29) is 16.2 Å². The highest BCUT2D eigenvalue weighted by Crippen LogP contribution is 2.51. The van der Waals surface area contributed by atoms with Crippen LogP contribution < -0.4 is 4.74 Å². The highest BCUT2D eigenvalue weighted by atomic mass is 28.4. The number of hydrogen-bond acceptors (Lipinski definition) is 4. The molecule has 2 aliphatic carbocycles. The molecule has 0 unspecified atom stereocenters. The fourth-order valence-electron chi connectivity index (χ4n) is 6.69. The van der Waals surface area contributed by atoms with Crippen molar-refractivity contribution in [2.24, 2.45) is 17.8 Å². The summed E-state index contributed by atoms with van der Waals surface area (Å²) in [4.78, 5) is 0. The van der Waals surface area contributed by atoms with Crippen molar-refractivity contribution in [2.45, 2.75) is 168 Å². The molecule has 4 nitrogen and oxygen atoms in total. The first-order valence-corrected chi connectivity index (χ1v) is 24.7. The lowest BCUT2D eigenvalue weighted by Crippen LogP contribution is -2.45. The molecule has 1 aromatic rings. The number of unbranched alkanes of at least 4 members (excludes halogenated alkanes) is 4. The van der Waals surface area contributed by atoms with Gasteiger partial charge in [0.15, 0.2) is 16.6 Å². The van der Waals surface area contributed by atoms with Crippen molar-refractivity contribution >= 4 is 16.6 Å². The molecule has 1 saturated carbocycles. The molecule has 0 amide bonds. The monoisotopic (exact) mass is 684 g/mol. The number of ether oxygens (including phenoxy) is 2. The van der Waals surface area contributed by atoms with Crippen LogP contribution in [0.15, 0.2) is 48.1 Å². The third-order valence-corrected chi connectivity index (χ3v) is 20.8. The van der Waals surface area contributed by atoms with Gasteiger partial charge in [0.05, 0.1) is 25.9 Å². The van der Waals surface area contributed by atoms with Crippen molar-refractivity contribution in [1.82, 2.24) is 0 Å². The van der Waals surface area contributed by atoms with Gasteiger partial charge in [-0.05, 0) is 104 Å². The lowest BCUT2D eigenvalue weighted by atomic mass is 9.88. The quantitative estimate of drug-likeness (QED) is 0.0825. The highest BCUT2D eigenvalue weighted by Gasteiger charge is 2.48. The lowest BCUT2D eigenvalue weighted by Gasteiger charge is -2.40. The summed E-state index contributed by atoms with van der Waals surface area (Å²) in [6, 6.07) is 8.17. The molecule has 0 aromatic heterocycles. The van der Waals surface area contributed by atoms with Gasteiger partial charge >= 0.3 is 0 Å². The van der Waals surface area contributed by atoms with Gasteiger partial charge in [0.1, 0.15) is 5.75 Å². The summed E-state index contributed by atoms with van der Waals surface area (Å²) in [6.45, 7) is 27.7. The van der Waals surface area contributed by atoms with Gasteiger partial charge in [0.2, 0.25) is 0 Å². The first-order valence-electron chi connectivity index (χ1n) is 18.9. The minimum absolute atomic E-state index is 0.204. The summed E-state index contributed by atoms with van der Waals surface area (Å²) >= 11 is 0. The third-order valence-electron chi connectivity index (χ3n) is 11.8. The van der Waals surface area contributed by atoms with E-state index in [1.165, 1.54) is 56.9 Å². The molecule has 0 saturated heterocycles. The number of allylic oxidation sites excluding steroid dienone is 2. The Morgan fingerprint density at radius 2 is 1.55 bits per heavy atom. The fourth-order valence-corrected chi connectivity index (χ4v) is 9.36. The van der Waals surface area contributed by atoms with Crippen molar-refractivity contribution in [2.75, 3.05) is 13.7 Å². The summed E-state index contributed by atoms with van der Waals surface area (Å²) in [5.74, 6) is 2.66. The Morgan fingerprint density at radius 3 is 2.17 bits per heavy atom. The Bertz CT molecular complexity index is 1130. The number of hydrogen-bond donors (Lipinski definition) is 0. The molecule has 0 aliphatic heterocycles. The zero-order valence-corrected chi connectivity index (χ0v) is 34.5. The van der Waals surface area contributed by atoms with Crippen molar-refractivity contribution in [3.8, 4) is 5.75 Å². The summed E-state index contributed by atoms with van der Waals surface area (Å²) in [5, 5.41) is 0.426. The van der Waals surface area contributed by atoms with E-state index >= 15 is 0 Å². The Balaban J connectivity index is 1.61. The van der Waals surface area contributed by atoms with Crippen LogP contribution in [0.4, 0.5) is 0 Å². The maximum absolute atomic E-state index is 7.22. The maximum Gasteiger partial charge on any atom is 0.192 e. The van der Waals surface area contributed by atoms with Gasteiger partial charge in [-0.15, -0.1) is 0 Å². The van der Waals surface area contributed by atoms with Crippen molar-refractivity contribution in [1.29, 1.82) is 0 Å². The van der Waals surface area contributed by atoms with E-state index in [9.17, 15) is 0 Å². The first kappa shape index (κ1) is 40.2. The Labute approximate surface area is 292 Å². The van der Waals surface area contributed by atoms with Gasteiger partial charge in [0.25, 0.3) is 0 Å². The van der Waals surface area contributed by atoms with E-state index < -0.39 is 16.6 Å². The summed E-state index contributed by atoms with van der Waals surface area (Å²) in [7, 11) is -2.05. The van der Waals surface area contributed by atoms with Crippen molar-refractivity contribution in [3.63, 3.8) is 0 Å². The molecule has 0 heterocycles. The van der Waals surface area contributed by atoms with Gasteiger partial charge in [-0.2, -0.15) is 0 Å². The summed E-state index contributed by atoms with van der Waals surface area (Å²) in [5.41, 5.74) is 2.88. The zero-order valence-electron chi connectivity index (χ0n) is 32.5. The van der Waals surface area contributed by atoms with Crippen molar-refractivity contribution < 1.29 is 18.3 Å². The van der Waals surface area contributed by atoms with Crippen LogP contribution in [-0.4, -0.2) is 42.6 Å². The minimum atomic E-state index is -1.88. The fraction of sp³-hybridized carbons (Fsp3) is 0.756. The van der Waals surface area contributed by atoms with Crippen LogP contribution in [0, 0.1) is 17.8 Å². The molecule has 5 atom stereocenters. The average Bonchev–Trinajstić information content (AvgIpc) is 3.51. The van der Waals surface area contributed by atoms with E-state index in [0.717, 1.165) is 25.2 Å². The van der Waals surface area contributed by atoms with Gasteiger partial charge in [0, 0.05) is 12.5 Å². The van der Waals surface area contributed by atoms with E-state index in [2.05, 4.69) is 105 Å². The predicted molar refractivity (Wildman–Crippen MR) is 206 cm³/mol. The maximum atomic E-state index is 7.22. The molecule has 0 bridgehead atoms. The molecule has 6 heteroatoms. The van der Waals surface area contributed by atoms with E-state index in [1.54, 1.807) is 12.7 Å². The molecule has 0 radical (unpaired) electrons. The zero-order chi connectivity index (χ0) is 34.9. The first-order chi connectivity index (χ1) is 22.0. The summed E-state index contributed by atoms with van der Waals surface area (Å²) in [6.07, 6.45) is 20.3. The Kier molecular flexibility index (Phi) is 15.1. The number of fused-ring (bicyclic) bond motifs is 1. The normalized spacial score (nSPS) is 22.9. The average molecular weight is 685 g/mol. The van der Waals surface area contributed by atoms with Crippen LogP contribution in [0.1, 0.15) is 118 Å². The van der Waals surface area contributed by atoms with Crippen LogP contribution in [0.5, 0.6) is 5.75 Å². The molecule has 1 aromatic carbocycles. The Morgan fingerprint density at radius 1 is 0.872 bits per heavy atom. The molecule has 0 N–H and O–H groups in total. The van der Waals surface area contributed by atoms with Crippen LogP contribution in [0.3, 0.4) is 0 Å². The van der Waals surface area contributed by atoms with E-state index in [1.807, 2.05) is 12.1 Å². The molecule has 2 aliphatic rings. The van der Waals surface area contributed by atoms with Crippen molar-refractivity contribution in [3.05, 3.63) is 53.6 Å². The van der Waals surface area contributed by atoms with Gasteiger partial charge in [-0.3, -0.25) is 0 Å². The lowest BCUT2D eigenvalue weighted by molar-refractivity contribution is 0.117. The molecule has 0 spiro atoms. The number of rotatable bonds is 19. The molecule has 3 rings (SSSR count). The molecule has 47 heavy (non-hydrogen) atoms. The van der Waals surface area contributed by atoms with Gasteiger partial charge < -0.3 is 18.3 Å². The van der Waals surface area contributed by atoms with Gasteiger partial charge in [-0.25, -0.2) is 0 Å². The third kappa shape index (κ3) is 12.0. The van der Waals surface area contributed by atoms with E-state index in [4.69, 9.17) is 18.3 Å². The molecule has 268 valence electrons. The minimum Gasteiger partial charge on any atom is -0.497 e. The number of benzene rings is 1. The van der Waals surface area contributed by atoms with Crippen LogP contribution in [0.25, 0.3) is 0 Å². The standard InChI is InChI=1S/C41H72O4Si2/c1-13-14-16-20-36(44-46(9,10)40(2,3)4)25-26-37-38-29-33(28-34(38)30-39(37)45-47(11,12)41(5,6)7)19-17-15-18-27-43-31-32-21-23-35(42-8)24-22-32/h21-26,28,34,36-39H,13-20,27,29-31H2,1-12H3/t34-,36-,37+,38-,39+/m0/s1. The molecular weight excluding hydrogens is 613 g/mol. The predicted octanol–water partition coefficient (Wildman–Crippen LogP) is 12.3. The second-order valence-corrected chi connectivity index (χ2v) is 27.1. The van der Waals surface area contributed by atoms with Crippen LogP contribution in [-0.2, 0) is 20.2 Å². The van der Waals surface area contributed by atoms with E-state index in [0.29, 0.717) is 30.5 Å². The molecular formula is C41H72O4Si2. The smallest absolute Gasteiger partial charge is 0.192 e. The number of methoxy groups -OCH3 is 1. The largest absolute Gasteiger partial charge is 0.497 e. The SMILES string of the molecule is CCCCC[C@@H](C=C[C@@H]1[C@H]2CC(CCCCCOCc3ccc(OC)cc3)=C[C@H]2C[C@H]1O[Si](C)(C)C(C)(C)C)O[Si](C)(C)C(C)(C)C. The second-order valence-electron chi connectivity index (χ2n) is 17.6. The molecule has 1 fully saturated rings. The van der Waals surface area contributed by atoms with Crippen LogP contribution >= 0.6 is 0 Å². The van der Waals surface area contributed by atoms with Gasteiger partial charge in [-0.1, -0.05) is 110 Å².